The van der Waals surface area contributed by atoms with Crippen LogP contribution in [0, 0.1) is 5.41 Å². The van der Waals surface area contributed by atoms with Crippen LogP contribution in [0.2, 0.25) is 0 Å². The molecule has 0 atom stereocenters. The van der Waals surface area contributed by atoms with Crippen LogP contribution in [0.5, 0.6) is 5.75 Å². The number of nitrogens with zero attached hydrogens (tertiary/aromatic N) is 1. The van der Waals surface area contributed by atoms with Crippen LogP contribution in [0.15, 0.2) is 18.2 Å². The van der Waals surface area contributed by atoms with Crippen LogP contribution in [0.3, 0.4) is 0 Å². The molecular formula is C13H15NO3. The van der Waals surface area contributed by atoms with Gasteiger partial charge >= 0.3 is 0 Å². The van der Waals surface area contributed by atoms with E-state index < -0.39 is 5.41 Å². The molecule has 1 aromatic carbocycles. The molecule has 0 unspecified atom stereocenters. The van der Waals surface area contributed by atoms with Gasteiger partial charge in [0.05, 0.1) is 12.8 Å². The number of anilines is 1. The minimum Gasteiger partial charge on any atom is -0.497 e. The molecule has 0 fully saturated rings. The molecule has 0 aliphatic carbocycles. The number of benzene rings is 1. The van der Waals surface area contributed by atoms with Crippen LogP contribution in [-0.2, 0) is 4.79 Å². The fraction of sp³-hybridized carbons (Fsp3) is 0.385. The van der Waals surface area contributed by atoms with Crippen LogP contribution >= 0.6 is 0 Å². The summed E-state index contributed by atoms with van der Waals surface area (Å²) in [6, 6.07) is 5.15. The standard InChI is InChI=1S/C13H15NO3/c1-13(2)11(15)9-6-5-8(17-4)7-10(9)14(3)12(13)16/h5-7H,1-4H3. The maximum absolute atomic E-state index is 12.2. The zero-order chi connectivity index (χ0) is 12.8. The molecule has 0 N–H and O–H groups in total. The van der Waals surface area contributed by atoms with Crippen LogP contribution < -0.4 is 9.64 Å². The number of ketones is 1. The van der Waals surface area contributed by atoms with Crippen molar-refractivity contribution >= 4 is 17.4 Å². The second-order valence-electron chi connectivity index (χ2n) is 4.70. The third kappa shape index (κ3) is 1.52. The largest absolute Gasteiger partial charge is 0.497 e. The van der Waals surface area contributed by atoms with E-state index in [4.69, 9.17) is 4.74 Å². The first kappa shape index (κ1) is 11.6. The van der Waals surface area contributed by atoms with Gasteiger partial charge in [0.1, 0.15) is 11.2 Å². The number of fused-ring (bicyclic) bond motifs is 1. The number of ether oxygens (including phenoxy) is 1. The Kier molecular flexibility index (Phi) is 2.45. The summed E-state index contributed by atoms with van der Waals surface area (Å²) in [5.41, 5.74) is 0.188. The quantitative estimate of drug-likeness (QED) is 0.696. The van der Waals surface area contributed by atoms with Gasteiger partial charge in [-0.1, -0.05) is 0 Å². The van der Waals surface area contributed by atoms with Crippen molar-refractivity contribution in [3.05, 3.63) is 23.8 Å². The Balaban J connectivity index is 2.64. The number of carbonyl (C=O) groups excluding carboxylic acids is 2. The normalized spacial score (nSPS) is 18.0. The maximum Gasteiger partial charge on any atom is 0.240 e. The summed E-state index contributed by atoms with van der Waals surface area (Å²) in [5.74, 6) is 0.303. The van der Waals surface area contributed by atoms with E-state index >= 15 is 0 Å². The van der Waals surface area contributed by atoms with E-state index in [0.717, 1.165) is 0 Å². The van der Waals surface area contributed by atoms with Gasteiger partial charge in [0.15, 0.2) is 5.78 Å². The summed E-state index contributed by atoms with van der Waals surface area (Å²) >= 11 is 0. The summed E-state index contributed by atoms with van der Waals surface area (Å²) in [5, 5.41) is 0. The highest BCUT2D eigenvalue weighted by molar-refractivity contribution is 6.24. The second kappa shape index (κ2) is 3.58. The molecule has 4 nitrogen and oxygen atoms in total. The number of Topliss-reactive ketones (excluding diaryl/α,β-unsaturated/α-hetero) is 1. The molecule has 0 aromatic heterocycles. The van der Waals surface area contributed by atoms with Crippen molar-refractivity contribution in [3.63, 3.8) is 0 Å². The zero-order valence-corrected chi connectivity index (χ0v) is 10.4. The van der Waals surface area contributed by atoms with E-state index in [0.29, 0.717) is 17.0 Å². The van der Waals surface area contributed by atoms with Gasteiger partial charge in [-0.15, -0.1) is 0 Å². The van der Waals surface area contributed by atoms with Crippen molar-refractivity contribution in [1.29, 1.82) is 0 Å². The smallest absolute Gasteiger partial charge is 0.240 e. The van der Waals surface area contributed by atoms with Crippen molar-refractivity contribution in [2.45, 2.75) is 13.8 Å². The molecule has 0 spiro atoms. The summed E-state index contributed by atoms with van der Waals surface area (Å²) in [6.45, 7) is 3.31. The fourth-order valence-corrected chi connectivity index (χ4v) is 2.07. The van der Waals surface area contributed by atoms with Crippen molar-refractivity contribution < 1.29 is 14.3 Å². The van der Waals surface area contributed by atoms with E-state index in [-0.39, 0.29) is 11.7 Å². The summed E-state index contributed by atoms with van der Waals surface area (Å²) in [6.07, 6.45) is 0. The third-order valence-electron chi connectivity index (χ3n) is 3.22. The lowest BCUT2D eigenvalue weighted by atomic mass is 9.79. The number of carbonyl (C=O) groups is 2. The Labute approximate surface area is 100 Å². The van der Waals surface area contributed by atoms with E-state index in [9.17, 15) is 9.59 Å². The van der Waals surface area contributed by atoms with Crippen molar-refractivity contribution in [1.82, 2.24) is 0 Å². The monoisotopic (exact) mass is 233 g/mol. The lowest BCUT2D eigenvalue weighted by molar-refractivity contribution is -0.124. The highest BCUT2D eigenvalue weighted by Gasteiger charge is 2.44. The molecule has 1 aliphatic heterocycles. The van der Waals surface area contributed by atoms with Crippen LogP contribution in [-0.4, -0.2) is 25.8 Å². The Hall–Kier alpha value is -1.84. The lowest BCUT2D eigenvalue weighted by Crippen LogP contribution is -2.48. The minimum atomic E-state index is -0.990. The summed E-state index contributed by atoms with van der Waals surface area (Å²) in [7, 11) is 3.23. The van der Waals surface area contributed by atoms with Gasteiger partial charge in [0.2, 0.25) is 5.91 Å². The zero-order valence-electron chi connectivity index (χ0n) is 10.4. The number of rotatable bonds is 1. The van der Waals surface area contributed by atoms with Crippen molar-refractivity contribution in [2.75, 3.05) is 19.1 Å². The first-order chi connectivity index (χ1) is 7.89. The highest BCUT2D eigenvalue weighted by Crippen LogP contribution is 2.38. The summed E-state index contributed by atoms with van der Waals surface area (Å²) < 4.78 is 5.10. The Bertz CT molecular complexity index is 505. The predicted molar refractivity (Wildman–Crippen MR) is 64.5 cm³/mol. The van der Waals surface area contributed by atoms with E-state index in [2.05, 4.69) is 0 Å². The van der Waals surface area contributed by atoms with Crippen molar-refractivity contribution in [2.24, 2.45) is 5.41 Å². The first-order valence-electron chi connectivity index (χ1n) is 5.40. The SMILES string of the molecule is COc1ccc2c(c1)N(C)C(=O)C(C)(C)C2=O. The molecule has 0 bridgehead atoms. The van der Waals surface area contributed by atoms with Gasteiger partial charge in [0, 0.05) is 18.7 Å². The van der Waals surface area contributed by atoms with E-state index in [1.54, 1.807) is 46.2 Å². The van der Waals surface area contributed by atoms with E-state index in [1.165, 1.54) is 4.90 Å². The fourth-order valence-electron chi connectivity index (χ4n) is 2.07. The Morgan fingerprint density at radius 2 is 1.88 bits per heavy atom. The van der Waals surface area contributed by atoms with Crippen LogP contribution in [0.4, 0.5) is 5.69 Å². The number of methoxy groups -OCH3 is 1. The molecule has 90 valence electrons. The molecule has 1 amide bonds. The van der Waals surface area contributed by atoms with Crippen molar-refractivity contribution in [3.8, 4) is 5.75 Å². The van der Waals surface area contributed by atoms with E-state index in [1.807, 2.05) is 0 Å². The average Bonchev–Trinajstić information content (AvgIpc) is 2.33. The van der Waals surface area contributed by atoms with Gasteiger partial charge in [-0.25, -0.2) is 0 Å². The van der Waals surface area contributed by atoms with Gasteiger partial charge < -0.3 is 9.64 Å². The molecule has 0 saturated carbocycles. The molecule has 17 heavy (non-hydrogen) atoms. The molecule has 0 saturated heterocycles. The maximum atomic E-state index is 12.2. The number of hydrogen-bond donors (Lipinski definition) is 0. The Morgan fingerprint density at radius 3 is 2.47 bits per heavy atom. The molecular weight excluding hydrogens is 218 g/mol. The average molecular weight is 233 g/mol. The third-order valence-corrected chi connectivity index (χ3v) is 3.22. The summed E-state index contributed by atoms with van der Waals surface area (Å²) in [4.78, 5) is 25.8. The number of hydrogen-bond acceptors (Lipinski definition) is 3. The van der Waals surface area contributed by atoms with Gasteiger partial charge in [-0.05, 0) is 26.0 Å². The topological polar surface area (TPSA) is 46.6 Å². The molecule has 2 rings (SSSR count). The molecule has 4 heteroatoms. The first-order valence-corrected chi connectivity index (χ1v) is 5.40. The highest BCUT2D eigenvalue weighted by atomic mass is 16.5. The Morgan fingerprint density at radius 1 is 1.24 bits per heavy atom. The molecule has 1 heterocycles. The molecule has 1 aliphatic rings. The van der Waals surface area contributed by atoms with Gasteiger partial charge in [0.25, 0.3) is 0 Å². The molecule has 1 aromatic rings. The van der Waals surface area contributed by atoms with Crippen LogP contribution in [0.25, 0.3) is 0 Å². The van der Waals surface area contributed by atoms with Gasteiger partial charge in [-0.2, -0.15) is 0 Å². The van der Waals surface area contributed by atoms with Gasteiger partial charge in [-0.3, -0.25) is 9.59 Å². The predicted octanol–water partition coefficient (Wildman–Crippen LogP) is 1.88. The second-order valence-corrected chi connectivity index (χ2v) is 4.70. The number of amides is 1. The minimum absolute atomic E-state index is 0.141. The molecule has 0 radical (unpaired) electrons. The lowest BCUT2D eigenvalue weighted by Gasteiger charge is -2.35. The van der Waals surface area contributed by atoms with Crippen LogP contribution in [0.1, 0.15) is 24.2 Å².